The van der Waals surface area contributed by atoms with E-state index < -0.39 is 12.0 Å². The molecular weight excluding hydrogens is 274 g/mol. The lowest BCUT2D eigenvalue weighted by Gasteiger charge is -2.34. The number of rotatable bonds is 6. The molecule has 21 heavy (non-hydrogen) atoms. The van der Waals surface area contributed by atoms with Crippen molar-refractivity contribution in [3.8, 4) is 0 Å². The molecule has 1 heterocycles. The summed E-state index contributed by atoms with van der Waals surface area (Å²) < 4.78 is 0. The van der Waals surface area contributed by atoms with E-state index in [1.165, 1.54) is 0 Å². The lowest BCUT2D eigenvalue weighted by molar-refractivity contribution is -0.138. The summed E-state index contributed by atoms with van der Waals surface area (Å²) in [5.74, 6) is -1.10. The molecule has 0 aliphatic carbocycles. The number of carboxylic acid groups (broad SMARTS) is 1. The Balaban J connectivity index is 2.55. The van der Waals surface area contributed by atoms with E-state index in [0.29, 0.717) is 25.9 Å². The lowest BCUT2D eigenvalue weighted by atomic mass is 10.0. The van der Waals surface area contributed by atoms with Gasteiger partial charge >= 0.3 is 12.0 Å². The van der Waals surface area contributed by atoms with Gasteiger partial charge in [-0.05, 0) is 25.2 Å². The predicted molar refractivity (Wildman–Crippen MR) is 77.8 cm³/mol. The number of likely N-dealkylation sites (tertiary alicyclic amines) is 1. The van der Waals surface area contributed by atoms with Gasteiger partial charge in [-0.1, -0.05) is 13.3 Å². The van der Waals surface area contributed by atoms with Crippen molar-refractivity contribution in [2.45, 2.75) is 45.1 Å². The van der Waals surface area contributed by atoms with Crippen molar-refractivity contribution in [1.29, 1.82) is 0 Å². The number of amides is 3. The van der Waals surface area contributed by atoms with Crippen molar-refractivity contribution in [3.05, 3.63) is 0 Å². The van der Waals surface area contributed by atoms with Crippen molar-refractivity contribution in [3.63, 3.8) is 0 Å². The predicted octanol–water partition coefficient (Wildman–Crippen LogP) is 0.797. The summed E-state index contributed by atoms with van der Waals surface area (Å²) in [5.41, 5.74) is 0. The Morgan fingerprint density at radius 1 is 1.33 bits per heavy atom. The zero-order chi connectivity index (χ0) is 15.8. The average molecular weight is 299 g/mol. The summed E-state index contributed by atoms with van der Waals surface area (Å²) in [6.45, 7) is 2.77. The highest BCUT2D eigenvalue weighted by Crippen LogP contribution is 2.17. The number of urea groups is 1. The minimum Gasteiger partial charge on any atom is -0.481 e. The van der Waals surface area contributed by atoms with Gasteiger partial charge in [0, 0.05) is 26.6 Å². The van der Waals surface area contributed by atoms with Gasteiger partial charge in [-0.25, -0.2) is 4.79 Å². The van der Waals surface area contributed by atoms with E-state index in [1.807, 2.05) is 6.92 Å². The second-order valence-electron chi connectivity index (χ2n) is 5.38. The third kappa shape index (κ3) is 5.24. The molecule has 2 atom stereocenters. The van der Waals surface area contributed by atoms with Crippen LogP contribution in [0.3, 0.4) is 0 Å². The fourth-order valence-corrected chi connectivity index (χ4v) is 2.55. The van der Waals surface area contributed by atoms with Crippen molar-refractivity contribution in [2.75, 3.05) is 20.1 Å². The first-order chi connectivity index (χ1) is 9.99. The largest absolute Gasteiger partial charge is 0.481 e. The van der Waals surface area contributed by atoms with Gasteiger partial charge in [0.25, 0.3) is 0 Å². The van der Waals surface area contributed by atoms with E-state index in [1.54, 1.807) is 11.9 Å². The van der Waals surface area contributed by atoms with Crippen molar-refractivity contribution in [1.82, 2.24) is 15.5 Å². The Morgan fingerprint density at radius 3 is 2.62 bits per heavy atom. The van der Waals surface area contributed by atoms with E-state index in [0.717, 1.165) is 12.8 Å². The Bertz CT molecular complexity index is 386. The molecule has 3 N–H and O–H groups in total. The first-order valence-corrected chi connectivity index (χ1v) is 7.47. The standard InChI is InChI=1S/C14H25N3O4/c1-3-10(8-12(18)19)9-16-14(21)17-7-5-4-6-11(17)13(20)15-2/h10-11H,3-9H2,1-2H3,(H,15,20)(H,16,21)(H,18,19). The first-order valence-electron chi connectivity index (χ1n) is 7.47. The van der Waals surface area contributed by atoms with Crippen LogP contribution in [0.5, 0.6) is 0 Å². The van der Waals surface area contributed by atoms with Gasteiger partial charge in [-0.15, -0.1) is 0 Å². The molecule has 0 aromatic rings. The zero-order valence-electron chi connectivity index (χ0n) is 12.7. The van der Waals surface area contributed by atoms with Crippen molar-refractivity contribution >= 4 is 17.9 Å². The van der Waals surface area contributed by atoms with Gasteiger partial charge in [0.15, 0.2) is 0 Å². The summed E-state index contributed by atoms with van der Waals surface area (Å²) >= 11 is 0. The molecule has 0 radical (unpaired) electrons. The van der Waals surface area contributed by atoms with Gasteiger partial charge < -0.3 is 20.6 Å². The van der Waals surface area contributed by atoms with E-state index in [2.05, 4.69) is 10.6 Å². The Kier molecular flexibility index (Phi) is 6.98. The molecule has 0 bridgehead atoms. The Hall–Kier alpha value is -1.79. The molecule has 1 saturated heterocycles. The Labute approximate surface area is 125 Å². The maximum atomic E-state index is 12.2. The molecule has 7 heteroatoms. The SMILES string of the molecule is CCC(CNC(=O)N1CCCCC1C(=O)NC)CC(=O)O. The van der Waals surface area contributed by atoms with Crippen LogP contribution < -0.4 is 10.6 Å². The molecule has 120 valence electrons. The maximum absolute atomic E-state index is 12.2. The van der Waals surface area contributed by atoms with Crippen LogP contribution in [0, 0.1) is 5.92 Å². The van der Waals surface area contributed by atoms with E-state index >= 15 is 0 Å². The van der Waals surface area contributed by atoms with Gasteiger partial charge in [-0.2, -0.15) is 0 Å². The number of nitrogens with one attached hydrogen (secondary N) is 2. The normalized spacial score (nSPS) is 19.7. The number of carboxylic acids is 1. The van der Waals surface area contributed by atoms with Crippen LogP contribution >= 0.6 is 0 Å². The summed E-state index contributed by atoms with van der Waals surface area (Å²) in [5, 5.41) is 14.1. The number of hydrogen-bond acceptors (Lipinski definition) is 3. The fraction of sp³-hybridized carbons (Fsp3) is 0.786. The highest BCUT2D eigenvalue weighted by Gasteiger charge is 2.31. The third-order valence-corrected chi connectivity index (χ3v) is 3.90. The lowest BCUT2D eigenvalue weighted by Crippen LogP contribution is -2.54. The number of aliphatic carboxylic acids is 1. The van der Waals surface area contributed by atoms with Crippen LogP contribution in [0.15, 0.2) is 0 Å². The number of carbonyl (C=O) groups excluding carboxylic acids is 2. The molecule has 0 spiro atoms. The van der Waals surface area contributed by atoms with Crippen LogP contribution in [-0.4, -0.2) is 54.1 Å². The second-order valence-corrected chi connectivity index (χ2v) is 5.38. The molecule has 3 amide bonds. The Morgan fingerprint density at radius 2 is 2.05 bits per heavy atom. The number of likely N-dealkylation sites (N-methyl/N-ethyl adjacent to an activating group) is 1. The zero-order valence-corrected chi connectivity index (χ0v) is 12.7. The third-order valence-electron chi connectivity index (χ3n) is 3.90. The monoisotopic (exact) mass is 299 g/mol. The molecule has 1 rings (SSSR count). The molecule has 1 aliphatic rings. The smallest absolute Gasteiger partial charge is 0.318 e. The quantitative estimate of drug-likeness (QED) is 0.675. The molecule has 0 saturated carbocycles. The molecule has 1 fully saturated rings. The number of carbonyl (C=O) groups is 3. The number of piperidine rings is 1. The van der Waals surface area contributed by atoms with Crippen LogP contribution in [0.4, 0.5) is 4.79 Å². The van der Waals surface area contributed by atoms with Gasteiger partial charge in [0.1, 0.15) is 6.04 Å². The second kappa shape index (κ2) is 8.49. The minimum absolute atomic E-state index is 0.0374. The number of nitrogens with zero attached hydrogens (tertiary/aromatic N) is 1. The minimum atomic E-state index is -0.864. The molecule has 0 aromatic carbocycles. The van der Waals surface area contributed by atoms with Crippen LogP contribution in [-0.2, 0) is 9.59 Å². The summed E-state index contributed by atoms with van der Waals surface area (Å²) in [6.07, 6.45) is 3.20. The van der Waals surface area contributed by atoms with Crippen LogP contribution in [0.1, 0.15) is 39.0 Å². The molecule has 0 aromatic heterocycles. The highest BCUT2D eigenvalue weighted by molar-refractivity contribution is 5.87. The van der Waals surface area contributed by atoms with Crippen LogP contribution in [0.25, 0.3) is 0 Å². The van der Waals surface area contributed by atoms with Crippen LogP contribution in [0.2, 0.25) is 0 Å². The topological polar surface area (TPSA) is 98.7 Å². The van der Waals surface area contributed by atoms with E-state index in [4.69, 9.17) is 5.11 Å². The molecular formula is C14H25N3O4. The first kappa shape index (κ1) is 17.3. The molecule has 2 unspecified atom stereocenters. The van der Waals surface area contributed by atoms with E-state index in [9.17, 15) is 14.4 Å². The summed E-state index contributed by atoms with van der Waals surface area (Å²) in [7, 11) is 1.56. The molecule has 7 nitrogen and oxygen atoms in total. The van der Waals surface area contributed by atoms with Gasteiger partial charge in [-0.3, -0.25) is 9.59 Å². The number of hydrogen-bond donors (Lipinski definition) is 3. The fourth-order valence-electron chi connectivity index (χ4n) is 2.55. The highest BCUT2D eigenvalue weighted by atomic mass is 16.4. The van der Waals surface area contributed by atoms with Crippen molar-refractivity contribution in [2.24, 2.45) is 5.92 Å². The maximum Gasteiger partial charge on any atom is 0.318 e. The molecule has 1 aliphatic heterocycles. The van der Waals surface area contributed by atoms with Crippen molar-refractivity contribution < 1.29 is 19.5 Å². The van der Waals surface area contributed by atoms with Gasteiger partial charge in [0.05, 0.1) is 0 Å². The summed E-state index contributed by atoms with van der Waals surface area (Å²) in [6, 6.07) is -0.713. The van der Waals surface area contributed by atoms with E-state index in [-0.39, 0.29) is 24.3 Å². The van der Waals surface area contributed by atoms with Gasteiger partial charge in [0.2, 0.25) is 5.91 Å². The average Bonchev–Trinajstić information content (AvgIpc) is 2.49. The summed E-state index contributed by atoms with van der Waals surface area (Å²) in [4.78, 5) is 36.3.